The lowest BCUT2D eigenvalue weighted by Crippen LogP contribution is -2.10. The summed E-state index contributed by atoms with van der Waals surface area (Å²) in [7, 11) is 0. The van der Waals surface area contributed by atoms with Gasteiger partial charge in [0.05, 0.1) is 0 Å². The number of benzene rings is 9. The van der Waals surface area contributed by atoms with Crippen LogP contribution >= 0.6 is 0 Å². The van der Waals surface area contributed by atoms with Crippen LogP contribution in [0.15, 0.2) is 158 Å². The van der Waals surface area contributed by atoms with E-state index >= 15 is 0 Å². The van der Waals surface area contributed by atoms with Crippen LogP contribution in [0.25, 0.3) is 87.2 Å². The van der Waals surface area contributed by atoms with Crippen LogP contribution in [0, 0.1) is 0 Å². The van der Waals surface area contributed by atoms with Crippen LogP contribution in [0.3, 0.4) is 0 Å². The Morgan fingerprint density at radius 1 is 0.269 bits per heavy atom. The molecule has 0 saturated carbocycles. The summed E-state index contributed by atoms with van der Waals surface area (Å²) in [4.78, 5) is 0. The van der Waals surface area contributed by atoms with Gasteiger partial charge in [-0.3, -0.25) is 0 Å². The molecule has 0 unspecified atom stereocenters. The van der Waals surface area contributed by atoms with Gasteiger partial charge in [0, 0.05) is 0 Å². The Morgan fingerprint density at radius 3 is 1.21 bits per heavy atom. The molecule has 0 saturated heterocycles. The molecule has 0 atom stereocenters. The quantitative estimate of drug-likeness (QED) is 0.164. The smallest absolute Gasteiger partial charge is 0.00259 e. The molecule has 0 spiro atoms. The lowest BCUT2D eigenvalue weighted by Gasteiger charge is -2.21. The zero-order valence-electron chi connectivity index (χ0n) is 31.0. The summed E-state index contributed by atoms with van der Waals surface area (Å²) in [6.07, 6.45) is 0. The van der Waals surface area contributed by atoms with Gasteiger partial charge in [-0.15, -0.1) is 0 Å². The average Bonchev–Trinajstić information content (AvgIpc) is 3.15. The molecule has 0 aliphatic heterocycles. The Balaban J connectivity index is 1.33. The highest BCUT2D eigenvalue weighted by molar-refractivity contribution is 6.22. The standard InChI is InChI=1S/C52H44/c1-51(2,3)43-24-21-36-28-41(19-17-38(36)30-43)49-45-13-9-10-14-46(45)50(42-20-18-39-31-44(52(4,5)6)25-22-37(39)29-42)48-32-40(23-26-47(48)49)35-16-15-33-11-7-8-12-34(33)27-35/h7-32H,1-6H3. The van der Waals surface area contributed by atoms with E-state index in [4.69, 9.17) is 0 Å². The maximum absolute atomic E-state index is 2.44. The zero-order chi connectivity index (χ0) is 35.8. The maximum Gasteiger partial charge on any atom is -0.00259 e. The van der Waals surface area contributed by atoms with Gasteiger partial charge >= 0.3 is 0 Å². The highest BCUT2D eigenvalue weighted by Crippen LogP contribution is 2.46. The molecule has 0 amide bonds. The summed E-state index contributed by atoms with van der Waals surface area (Å²) in [5.74, 6) is 0. The van der Waals surface area contributed by atoms with Crippen molar-refractivity contribution in [3.05, 3.63) is 169 Å². The normalized spacial score (nSPS) is 12.4. The SMILES string of the molecule is CC(C)(C)c1ccc2cc(-c3c4ccccc4c(-c4ccc5cc(C(C)(C)C)ccc5c4)c4cc(-c5ccc6ccccc6c5)ccc34)ccc2c1. The van der Waals surface area contributed by atoms with Crippen molar-refractivity contribution in [1.29, 1.82) is 0 Å². The van der Waals surface area contributed by atoms with Gasteiger partial charge in [-0.1, -0.05) is 175 Å². The number of hydrogen-bond acceptors (Lipinski definition) is 0. The van der Waals surface area contributed by atoms with Crippen molar-refractivity contribution in [3.63, 3.8) is 0 Å². The van der Waals surface area contributed by atoms with E-state index < -0.39 is 0 Å². The van der Waals surface area contributed by atoms with Gasteiger partial charge in [0.15, 0.2) is 0 Å². The first-order valence-electron chi connectivity index (χ1n) is 18.6. The second-order valence-corrected chi connectivity index (χ2v) is 16.7. The molecule has 52 heavy (non-hydrogen) atoms. The highest BCUT2D eigenvalue weighted by atomic mass is 14.2. The number of fused-ring (bicyclic) bond motifs is 5. The van der Waals surface area contributed by atoms with Crippen molar-refractivity contribution < 1.29 is 0 Å². The van der Waals surface area contributed by atoms with E-state index in [9.17, 15) is 0 Å². The second-order valence-electron chi connectivity index (χ2n) is 16.7. The molecule has 0 radical (unpaired) electrons. The molecule has 0 nitrogen and oxygen atoms in total. The Kier molecular flexibility index (Phi) is 7.39. The molecule has 9 rings (SSSR count). The molecule has 0 aliphatic rings. The van der Waals surface area contributed by atoms with Gasteiger partial charge in [-0.25, -0.2) is 0 Å². The monoisotopic (exact) mass is 668 g/mol. The van der Waals surface area contributed by atoms with Crippen LogP contribution < -0.4 is 0 Å². The summed E-state index contributed by atoms with van der Waals surface area (Å²) in [5.41, 5.74) is 10.5. The predicted octanol–water partition coefficient (Wildman–Crippen LogP) is 15.0. The van der Waals surface area contributed by atoms with E-state index in [1.807, 2.05) is 0 Å². The average molecular weight is 669 g/mol. The van der Waals surface area contributed by atoms with E-state index in [-0.39, 0.29) is 10.8 Å². The summed E-state index contributed by atoms with van der Waals surface area (Å²) >= 11 is 0. The van der Waals surface area contributed by atoms with Gasteiger partial charge in [-0.05, 0) is 133 Å². The Bertz CT molecular complexity index is 2850. The van der Waals surface area contributed by atoms with E-state index in [0.717, 1.165) is 0 Å². The highest BCUT2D eigenvalue weighted by Gasteiger charge is 2.20. The summed E-state index contributed by atoms with van der Waals surface area (Å²) < 4.78 is 0. The van der Waals surface area contributed by atoms with Gasteiger partial charge in [0.25, 0.3) is 0 Å². The number of hydrogen-bond donors (Lipinski definition) is 0. The Labute approximate surface area is 307 Å². The zero-order valence-corrected chi connectivity index (χ0v) is 31.0. The molecule has 9 aromatic carbocycles. The van der Waals surface area contributed by atoms with Crippen molar-refractivity contribution in [1.82, 2.24) is 0 Å². The molecule has 0 heterocycles. The fraction of sp³-hybridized carbons (Fsp3) is 0.154. The van der Waals surface area contributed by atoms with Crippen molar-refractivity contribution in [2.75, 3.05) is 0 Å². The minimum atomic E-state index is 0.103. The van der Waals surface area contributed by atoms with Gasteiger partial charge in [-0.2, -0.15) is 0 Å². The largest absolute Gasteiger partial charge is 0.0616 e. The molecule has 0 aromatic heterocycles. The van der Waals surface area contributed by atoms with E-state index in [1.54, 1.807) is 0 Å². The molecule has 0 aliphatic carbocycles. The van der Waals surface area contributed by atoms with Gasteiger partial charge < -0.3 is 0 Å². The fourth-order valence-corrected chi connectivity index (χ4v) is 8.08. The van der Waals surface area contributed by atoms with Crippen molar-refractivity contribution in [3.8, 4) is 33.4 Å². The van der Waals surface area contributed by atoms with Crippen LogP contribution in [0.5, 0.6) is 0 Å². The third-order valence-electron chi connectivity index (χ3n) is 11.1. The lowest BCUT2D eigenvalue weighted by molar-refractivity contribution is 0.591. The molecular weight excluding hydrogens is 625 g/mol. The second kappa shape index (κ2) is 11.9. The third-order valence-corrected chi connectivity index (χ3v) is 11.1. The van der Waals surface area contributed by atoms with E-state index in [1.165, 1.54) is 98.4 Å². The van der Waals surface area contributed by atoms with Crippen molar-refractivity contribution >= 4 is 53.9 Å². The first-order valence-corrected chi connectivity index (χ1v) is 18.6. The molecule has 252 valence electrons. The summed E-state index contributed by atoms with van der Waals surface area (Å²) in [5, 5.41) is 12.7. The van der Waals surface area contributed by atoms with Crippen LogP contribution in [-0.4, -0.2) is 0 Å². The van der Waals surface area contributed by atoms with Crippen molar-refractivity contribution in [2.45, 2.75) is 52.4 Å². The van der Waals surface area contributed by atoms with Gasteiger partial charge in [0.2, 0.25) is 0 Å². The number of rotatable bonds is 3. The molecule has 0 bridgehead atoms. The van der Waals surface area contributed by atoms with Crippen LogP contribution in [0.2, 0.25) is 0 Å². The first-order chi connectivity index (χ1) is 25.0. The topological polar surface area (TPSA) is 0 Å². The first kappa shape index (κ1) is 32.2. The van der Waals surface area contributed by atoms with Crippen LogP contribution in [0.4, 0.5) is 0 Å². The molecule has 9 aromatic rings. The van der Waals surface area contributed by atoms with E-state index in [0.29, 0.717) is 0 Å². The molecule has 0 fully saturated rings. The van der Waals surface area contributed by atoms with Crippen LogP contribution in [-0.2, 0) is 10.8 Å². The van der Waals surface area contributed by atoms with Crippen molar-refractivity contribution in [2.24, 2.45) is 0 Å². The van der Waals surface area contributed by atoms with Gasteiger partial charge in [0.1, 0.15) is 0 Å². The molecule has 0 heteroatoms. The molecule has 0 N–H and O–H groups in total. The summed E-state index contributed by atoms with van der Waals surface area (Å²) in [6.45, 7) is 13.7. The maximum atomic E-state index is 2.44. The lowest BCUT2D eigenvalue weighted by atomic mass is 9.83. The minimum absolute atomic E-state index is 0.103. The van der Waals surface area contributed by atoms with Crippen LogP contribution in [0.1, 0.15) is 52.7 Å². The Morgan fingerprint density at radius 2 is 0.635 bits per heavy atom. The molecular formula is C52H44. The predicted molar refractivity (Wildman–Crippen MR) is 228 cm³/mol. The minimum Gasteiger partial charge on any atom is -0.0616 e. The fourth-order valence-electron chi connectivity index (χ4n) is 8.08. The Hall–Kier alpha value is -5.72. The third kappa shape index (κ3) is 5.55. The van der Waals surface area contributed by atoms with E-state index in [2.05, 4.69) is 199 Å². The summed E-state index contributed by atoms with van der Waals surface area (Å²) in [6, 6.07) is 59.6.